The number of aryl methyl sites for hydroxylation is 1. The molecule has 1 aliphatic rings. The molecule has 0 unspecified atom stereocenters. The van der Waals surface area contributed by atoms with Gasteiger partial charge in [-0.2, -0.15) is 8.42 Å². The molecule has 1 aliphatic carbocycles. The van der Waals surface area contributed by atoms with Crippen molar-refractivity contribution in [1.29, 1.82) is 0 Å². The number of ether oxygens (including phenoxy) is 1. The SMILES string of the molecule is Cc1ccc(S(=O)(=O)OC2CC(OC(=O)C(C)(C)C)C2)cc1. The minimum absolute atomic E-state index is 0.147. The molecular weight excluding hydrogens is 304 g/mol. The van der Waals surface area contributed by atoms with Crippen LogP contribution in [0.4, 0.5) is 0 Å². The first-order chi connectivity index (χ1) is 10.1. The van der Waals surface area contributed by atoms with Crippen molar-refractivity contribution in [3.8, 4) is 0 Å². The smallest absolute Gasteiger partial charge is 0.311 e. The molecule has 0 aliphatic heterocycles. The highest BCUT2D eigenvalue weighted by Gasteiger charge is 2.38. The van der Waals surface area contributed by atoms with Crippen LogP contribution in [0.1, 0.15) is 39.2 Å². The zero-order valence-corrected chi connectivity index (χ0v) is 14.1. The van der Waals surface area contributed by atoms with Gasteiger partial charge in [0, 0.05) is 12.8 Å². The first kappa shape index (κ1) is 17.0. The topological polar surface area (TPSA) is 69.7 Å². The number of rotatable bonds is 4. The van der Waals surface area contributed by atoms with E-state index in [1.807, 2.05) is 6.92 Å². The molecule has 1 aromatic rings. The normalized spacial score (nSPS) is 22.0. The van der Waals surface area contributed by atoms with Gasteiger partial charge >= 0.3 is 5.97 Å². The highest BCUT2D eigenvalue weighted by Crippen LogP contribution is 2.31. The largest absolute Gasteiger partial charge is 0.462 e. The number of esters is 1. The monoisotopic (exact) mass is 326 g/mol. The van der Waals surface area contributed by atoms with Gasteiger partial charge in [-0.1, -0.05) is 17.7 Å². The Morgan fingerprint density at radius 3 is 2.14 bits per heavy atom. The van der Waals surface area contributed by atoms with Crippen molar-refractivity contribution >= 4 is 16.1 Å². The minimum Gasteiger partial charge on any atom is -0.462 e. The van der Waals surface area contributed by atoms with Gasteiger partial charge in [-0.3, -0.25) is 8.98 Å². The molecule has 0 N–H and O–H groups in total. The average molecular weight is 326 g/mol. The second-order valence-corrected chi connectivity index (χ2v) is 8.31. The van der Waals surface area contributed by atoms with Crippen LogP contribution >= 0.6 is 0 Å². The van der Waals surface area contributed by atoms with Crippen molar-refractivity contribution in [3.05, 3.63) is 29.8 Å². The van der Waals surface area contributed by atoms with Crippen LogP contribution in [0.2, 0.25) is 0 Å². The lowest BCUT2D eigenvalue weighted by molar-refractivity contribution is -0.167. The Bertz CT molecular complexity index is 634. The quantitative estimate of drug-likeness (QED) is 0.628. The Kier molecular flexibility index (Phi) is 4.63. The van der Waals surface area contributed by atoms with Crippen LogP contribution in [0.15, 0.2) is 29.2 Å². The molecule has 5 nitrogen and oxygen atoms in total. The van der Waals surface area contributed by atoms with Gasteiger partial charge in [-0.05, 0) is 39.8 Å². The molecule has 2 rings (SSSR count). The Morgan fingerprint density at radius 1 is 1.09 bits per heavy atom. The number of benzene rings is 1. The van der Waals surface area contributed by atoms with E-state index in [4.69, 9.17) is 8.92 Å². The van der Waals surface area contributed by atoms with Crippen molar-refractivity contribution < 1.29 is 22.1 Å². The second-order valence-electron chi connectivity index (χ2n) is 6.73. The maximum absolute atomic E-state index is 12.1. The maximum atomic E-state index is 12.1. The molecule has 1 saturated carbocycles. The molecule has 0 atom stereocenters. The van der Waals surface area contributed by atoms with E-state index in [9.17, 15) is 13.2 Å². The standard InChI is InChI=1S/C16H22O5S/c1-11-5-7-14(8-6-11)22(18,19)21-13-9-12(10-13)20-15(17)16(2,3)4/h5-8,12-13H,9-10H2,1-4H3. The Labute approximate surface area is 131 Å². The number of carbonyl (C=O) groups is 1. The zero-order valence-electron chi connectivity index (χ0n) is 13.3. The summed E-state index contributed by atoms with van der Waals surface area (Å²) in [5, 5.41) is 0. The van der Waals surface area contributed by atoms with E-state index in [2.05, 4.69) is 0 Å². The predicted molar refractivity (Wildman–Crippen MR) is 81.8 cm³/mol. The van der Waals surface area contributed by atoms with E-state index >= 15 is 0 Å². The molecular formula is C16H22O5S. The fourth-order valence-electron chi connectivity index (χ4n) is 1.96. The summed E-state index contributed by atoms with van der Waals surface area (Å²) in [6.45, 7) is 7.23. The van der Waals surface area contributed by atoms with E-state index in [0.29, 0.717) is 12.8 Å². The summed E-state index contributed by atoms with van der Waals surface area (Å²) in [6.07, 6.45) is 0.133. The van der Waals surface area contributed by atoms with Crippen molar-refractivity contribution in [2.45, 2.75) is 57.6 Å². The van der Waals surface area contributed by atoms with Crippen LogP contribution in [-0.2, 0) is 23.8 Å². The van der Waals surface area contributed by atoms with Crippen LogP contribution in [-0.4, -0.2) is 26.6 Å². The van der Waals surface area contributed by atoms with Crippen molar-refractivity contribution in [2.24, 2.45) is 5.41 Å². The first-order valence-corrected chi connectivity index (χ1v) is 8.70. The maximum Gasteiger partial charge on any atom is 0.311 e. The molecule has 0 amide bonds. The summed E-state index contributed by atoms with van der Waals surface area (Å²) in [5.41, 5.74) is 0.427. The van der Waals surface area contributed by atoms with Gasteiger partial charge in [0.15, 0.2) is 0 Å². The van der Waals surface area contributed by atoms with Gasteiger partial charge in [0.25, 0.3) is 10.1 Å². The summed E-state index contributed by atoms with van der Waals surface area (Å²) >= 11 is 0. The second kappa shape index (κ2) is 6.01. The molecule has 1 fully saturated rings. The van der Waals surface area contributed by atoms with Gasteiger partial charge in [0.1, 0.15) is 6.10 Å². The highest BCUT2D eigenvalue weighted by molar-refractivity contribution is 7.86. The molecule has 0 aromatic heterocycles. The van der Waals surface area contributed by atoms with Crippen molar-refractivity contribution in [2.75, 3.05) is 0 Å². The lowest BCUT2D eigenvalue weighted by Crippen LogP contribution is -2.41. The van der Waals surface area contributed by atoms with Crippen LogP contribution in [0.25, 0.3) is 0 Å². The molecule has 22 heavy (non-hydrogen) atoms. The molecule has 6 heteroatoms. The first-order valence-electron chi connectivity index (χ1n) is 7.29. The van der Waals surface area contributed by atoms with E-state index in [1.165, 1.54) is 12.1 Å². The summed E-state index contributed by atoms with van der Waals surface area (Å²) < 4.78 is 34.7. The van der Waals surface area contributed by atoms with Gasteiger partial charge < -0.3 is 4.74 Å². The minimum atomic E-state index is -3.76. The zero-order chi connectivity index (χ0) is 16.5. The lowest BCUT2D eigenvalue weighted by Gasteiger charge is -2.35. The van der Waals surface area contributed by atoms with E-state index in [-0.39, 0.29) is 17.0 Å². The van der Waals surface area contributed by atoms with E-state index in [1.54, 1.807) is 32.9 Å². The van der Waals surface area contributed by atoms with Gasteiger partial charge in [-0.25, -0.2) is 0 Å². The third-order valence-electron chi connectivity index (χ3n) is 3.51. The number of carbonyl (C=O) groups excluding carboxylic acids is 1. The predicted octanol–water partition coefficient (Wildman–Crippen LogP) is 2.82. The third kappa shape index (κ3) is 4.08. The summed E-state index contributed by atoms with van der Waals surface area (Å²) in [6, 6.07) is 6.51. The lowest BCUT2D eigenvalue weighted by atomic mass is 9.91. The van der Waals surface area contributed by atoms with Crippen molar-refractivity contribution in [1.82, 2.24) is 0 Å². The molecule has 0 heterocycles. The summed E-state index contributed by atoms with van der Waals surface area (Å²) in [5.74, 6) is -0.280. The summed E-state index contributed by atoms with van der Waals surface area (Å²) in [4.78, 5) is 11.9. The van der Waals surface area contributed by atoms with Gasteiger partial charge in [0.05, 0.1) is 16.4 Å². The van der Waals surface area contributed by atoms with Gasteiger partial charge in [-0.15, -0.1) is 0 Å². The molecule has 1 aromatic carbocycles. The molecule has 0 bridgehead atoms. The molecule has 0 radical (unpaired) electrons. The molecule has 0 spiro atoms. The van der Waals surface area contributed by atoms with Crippen LogP contribution < -0.4 is 0 Å². The summed E-state index contributed by atoms with van der Waals surface area (Å²) in [7, 11) is -3.76. The van der Waals surface area contributed by atoms with Gasteiger partial charge in [0.2, 0.25) is 0 Å². The highest BCUT2D eigenvalue weighted by atomic mass is 32.2. The molecule has 0 saturated heterocycles. The third-order valence-corrected chi connectivity index (χ3v) is 4.89. The number of hydrogen-bond donors (Lipinski definition) is 0. The number of hydrogen-bond acceptors (Lipinski definition) is 5. The van der Waals surface area contributed by atoms with Crippen LogP contribution in [0, 0.1) is 12.3 Å². The Hall–Kier alpha value is -1.40. The average Bonchev–Trinajstić information content (AvgIpc) is 2.35. The fraction of sp³-hybridized carbons (Fsp3) is 0.562. The van der Waals surface area contributed by atoms with E-state index in [0.717, 1.165) is 5.56 Å². The Morgan fingerprint density at radius 2 is 1.64 bits per heavy atom. The Balaban J connectivity index is 1.87. The molecule has 122 valence electrons. The van der Waals surface area contributed by atoms with Crippen LogP contribution in [0.3, 0.4) is 0 Å². The fourth-order valence-corrected chi connectivity index (χ4v) is 3.06. The van der Waals surface area contributed by atoms with E-state index < -0.39 is 21.6 Å². The van der Waals surface area contributed by atoms with Crippen LogP contribution in [0.5, 0.6) is 0 Å². The van der Waals surface area contributed by atoms with Crippen molar-refractivity contribution in [3.63, 3.8) is 0 Å².